The smallest absolute Gasteiger partial charge is 0.137 e. The van der Waals surface area contributed by atoms with Crippen molar-refractivity contribution in [1.82, 2.24) is 9.97 Å². The molecule has 0 unspecified atom stereocenters. The standard InChI is InChI=1S/C24H24N4O2/c1-29-20-9-6-17(7-10-20)15-30-23-5-3-2-4-18(23)12-13-26-24-21-14-19(25)8-11-22(21)27-16-28-24/h2-11,14,16H,12-13,15,25H2,1H3,(H,26,27,28). The van der Waals surface area contributed by atoms with Crippen LogP contribution in [0.2, 0.25) is 0 Å². The lowest BCUT2D eigenvalue weighted by Gasteiger charge is -2.13. The summed E-state index contributed by atoms with van der Waals surface area (Å²) in [4.78, 5) is 8.67. The van der Waals surface area contributed by atoms with Crippen LogP contribution in [0.3, 0.4) is 0 Å². The van der Waals surface area contributed by atoms with Gasteiger partial charge < -0.3 is 20.5 Å². The quantitative estimate of drug-likeness (QED) is 0.425. The zero-order chi connectivity index (χ0) is 20.8. The van der Waals surface area contributed by atoms with Crippen LogP contribution in [0, 0.1) is 0 Å². The summed E-state index contributed by atoms with van der Waals surface area (Å²) in [6.07, 6.45) is 2.36. The Kier molecular flexibility index (Phi) is 5.94. The fourth-order valence-corrected chi connectivity index (χ4v) is 3.26. The molecular weight excluding hydrogens is 376 g/mol. The zero-order valence-electron chi connectivity index (χ0n) is 16.8. The minimum absolute atomic E-state index is 0.504. The highest BCUT2D eigenvalue weighted by atomic mass is 16.5. The van der Waals surface area contributed by atoms with E-state index in [4.69, 9.17) is 15.2 Å². The zero-order valence-corrected chi connectivity index (χ0v) is 16.8. The third-order valence-corrected chi connectivity index (χ3v) is 4.87. The fraction of sp³-hybridized carbons (Fsp3) is 0.167. The summed E-state index contributed by atoms with van der Waals surface area (Å²) < 4.78 is 11.3. The Morgan fingerprint density at radius 3 is 2.63 bits per heavy atom. The van der Waals surface area contributed by atoms with Crippen LogP contribution in [-0.2, 0) is 13.0 Å². The first-order chi connectivity index (χ1) is 14.7. The van der Waals surface area contributed by atoms with Gasteiger partial charge in [-0.25, -0.2) is 9.97 Å². The lowest BCUT2D eigenvalue weighted by Crippen LogP contribution is -2.08. The van der Waals surface area contributed by atoms with Crippen molar-refractivity contribution in [2.45, 2.75) is 13.0 Å². The molecule has 0 radical (unpaired) electrons. The van der Waals surface area contributed by atoms with Crippen LogP contribution in [0.15, 0.2) is 73.1 Å². The van der Waals surface area contributed by atoms with Gasteiger partial charge in [0.1, 0.15) is 30.3 Å². The molecular formula is C24H24N4O2. The highest BCUT2D eigenvalue weighted by Gasteiger charge is 2.07. The molecule has 0 aliphatic heterocycles. The third kappa shape index (κ3) is 4.60. The number of ether oxygens (including phenoxy) is 2. The number of benzene rings is 3. The Balaban J connectivity index is 1.40. The summed E-state index contributed by atoms with van der Waals surface area (Å²) >= 11 is 0. The van der Waals surface area contributed by atoms with Gasteiger partial charge in [-0.15, -0.1) is 0 Å². The Bertz CT molecular complexity index is 1130. The molecule has 6 heteroatoms. The number of nitrogens with zero attached hydrogens (tertiary/aromatic N) is 2. The molecule has 1 aromatic heterocycles. The Morgan fingerprint density at radius 2 is 1.80 bits per heavy atom. The molecule has 0 fully saturated rings. The van der Waals surface area contributed by atoms with Crippen LogP contribution >= 0.6 is 0 Å². The topological polar surface area (TPSA) is 82.3 Å². The second-order valence-corrected chi connectivity index (χ2v) is 6.92. The summed E-state index contributed by atoms with van der Waals surface area (Å²) in [5.41, 5.74) is 9.71. The first-order valence-electron chi connectivity index (χ1n) is 9.80. The molecule has 4 rings (SSSR count). The number of nitrogens with one attached hydrogen (secondary N) is 1. The first kappa shape index (κ1) is 19.5. The lowest BCUT2D eigenvalue weighted by atomic mass is 10.1. The molecule has 3 N–H and O–H groups in total. The Hall–Kier alpha value is -3.80. The van der Waals surface area contributed by atoms with E-state index in [-0.39, 0.29) is 0 Å². The maximum atomic E-state index is 6.07. The summed E-state index contributed by atoms with van der Waals surface area (Å²) in [6, 6.07) is 21.6. The number of rotatable bonds is 8. The molecule has 0 aliphatic carbocycles. The summed E-state index contributed by atoms with van der Waals surface area (Å²) in [5.74, 6) is 2.50. The van der Waals surface area contributed by atoms with Gasteiger partial charge in [0.15, 0.2) is 0 Å². The molecule has 6 nitrogen and oxygen atoms in total. The SMILES string of the molecule is COc1ccc(COc2ccccc2CCNc2ncnc3ccc(N)cc23)cc1. The van der Waals surface area contributed by atoms with Crippen molar-refractivity contribution in [3.05, 3.63) is 84.2 Å². The molecule has 0 atom stereocenters. The van der Waals surface area contributed by atoms with E-state index in [9.17, 15) is 0 Å². The molecule has 0 spiro atoms. The van der Waals surface area contributed by atoms with Crippen molar-refractivity contribution in [3.8, 4) is 11.5 Å². The summed E-state index contributed by atoms with van der Waals surface area (Å²) in [6.45, 7) is 1.22. The lowest BCUT2D eigenvalue weighted by molar-refractivity contribution is 0.303. The van der Waals surface area contributed by atoms with Crippen molar-refractivity contribution in [2.75, 3.05) is 24.7 Å². The van der Waals surface area contributed by atoms with Gasteiger partial charge in [-0.3, -0.25) is 0 Å². The van der Waals surface area contributed by atoms with Gasteiger partial charge in [-0.2, -0.15) is 0 Å². The number of fused-ring (bicyclic) bond motifs is 1. The third-order valence-electron chi connectivity index (χ3n) is 4.87. The number of methoxy groups -OCH3 is 1. The van der Waals surface area contributed by atoms with E-state index < -0.39 is 0 Å². The van der Waals surface area contributed by atoms with Crippen LogP contribution in [0.25, 0.3) is 10.9 Å². The van der Waals surface area contributed by atoms with Crippen LogP contribution in [0.4, 0.5) is 11.5 Å². The molecule has 30 heavy (non-hydrogen) atoms. The number of anilines is 2. The molecule has 152 valence electrons. The maximum Gasteiger partial charge on any atom is 0.137 e. The highest BCUT2D eigenvalue weighted by molar-refractivity contribution is 5.91. The van der Waals surface area contributed by atoms with Crippen LogP contribution < -0.4 is 20.5 Å². The van der Waals surface area contributed by atoms with Gasteiger partial charge in [0.25, 0.3) is 0 Å². The van der Waals surface area contributed by atoms with Crippen molar-refractivity contribution >= 4 is 22.4 Å². The van der Waals surface area contributed by atoms with E-state index in [2.05, 4.69) is 21.4 Å². The Morgan fingerprint density at radius 1 is 0.967 bits per heavy atom. The van der Waals surface area contributed by atoms with Crippen LogP contribution in [-0.4, -0.2) is 23.6 Å². The normalized spacial score (nSPS) is 10.7. The minimum atomic E-state index is 0.504. The number of hydrogen-bond donors (Lipinski definition) is 2. The van der Waals surface area contributed by atoms with Gasteiger partial charge in [-0.1, -0.05) is 30.3 Å². The van der Waals surface area contributed by atoms with Gasteiger partial charge in [-0.05, 0) is 53.9 Å². The predicted octanol–water partition coefficient (Wildman–Crippen LogP) is 4.45. The van der Waals surface area contributed by atoms with E-state index in [1.807, 2.05) is 60.7 Å². The number of para-hydroxylation sites is 1. The molecule has 0 aliphatic rings. The molecule has 0 saturated carbocycles. The fourth-order valence-electron chi connectivity index (χ4n) is 3.26. The molecule has 4 aromatic rings. The van der Waals surface area contributed by atoms with E-state index >= 15 is 0 Å². The number of aromatic nitrogens is 2. The van der Waals surface area contributed by atoms with Crippen molar-refractivity contribution in [2.24, 2.45) is 0 Å². The van der Waals surface area contributed by atoms with Crippen molar-refractivity contribution < 1.29 is 9.47 Å². The monoisotopic (exact) mass is 400 g/mol. The van der Waals surface area contributed by atoms with Crippen molar-refractivity contribution in [3.63, 3.8) is 0 Å². The van der Waals surface area contributed by atoms with E-state index in [0.717, 1.165) is 45.8 Å². The molecule has 0 amide bonds. The summed E-state index contributed by atoms with van der Waals surface area (Å²) in [5, 5.41) is 4.32. The molecule has 0 saturated heterocycles. The average Bonchev–Trinajstić information content (AvgIpc) is 2.79. The number of nitrogens with two attached hydrogens (primary N) is 1. The number of nitrogen functional groups attached to an aromatic ring is 1. The van der Waals surface area contributed by atoms with E-state index in [0.29, 0.717) is 18.8 Å². The van der Waals surface area contributed by atoms with Gasteiger partial charge >= 0.3 is 0 Å². The van der Waals surface area contributed by atoms with Gasteiger partial charge in [0, 0.05) is 17.6 Å². The second kappa shape index (κ2) is 9.13. The summed E-state index contributed by atoms with van der Waals surface area (Å²) in [7, 11) is 1.66. The maximum absolute atomic E-state index is 6.07. The molecule has 1 heterocycles. The Labute approximate surface area is 175 Å². The van der Waals surface area contributed by atoms with E-state index in [1.165, 1.54) is 0 Å². The van der Waals surface area contributed by atoms with Crippen LogP contribution in [0.1, 0.15) is 11.1 Å². The second-order valence-electron chi connectivity index (χ2n) is 6.92. The minimum Gasteiger partial charge on any atom is -0.497 e. The highest BCUT2D eigenvalue weighted by Crippen LogP contribution is 2.23. The van der Waals surface area contributed by atoms with Crippen LogP contribution in [0.5, 0.6) is 11.5 Å². The van der Waals surface area contributed by atoms with Gasteiger partial charge in [0.05, 0.1) is 12.6 Å². The number of hydrogen-bond acceptors (Lipinski definition) is 6. The largest absolute Gasteiger partial charge is 0.497 e. The van der Waals surface area contributed by atoms with E-state index in [1.54, 1.807) is 13.4 Å². The first-order valence-corrected chi connectivity index (χ1v) is 9.80. The van der Waals surface area contributed by atoms with Crippen molar-refractivity contribution in [1.29, 1.82) is 0 Å². The molecule has 0 bridgehead atoms. The predicted molar refractivity (Wildman–Crippen MR) is 120 cm³/mol. The van der Waals surface area contributed by atoms with Gasteiger partial charge in [0.2, 0.25) is 0 Å². The average molecular weight is 400 g/mol. The molecule has 3 aromatic carbocycles.